The average Bonchev–Trinajstić information content (AvgIpc) is 3.22. The molecular weight excluding hydrogens is 388 g/mol. The van der Waals surface area contributed by atoms with E-state index in [2.05, 4.69) is 15.5 Å². The Kier molecular flexibility index (Phi) is 5.36. The van der Waals surface area contributed by atoms with Gasteiger partial charge in [-0.3, -0.25) is 4.90 Å². The van der Waals surface area contributed by atoms with Crippen molar-refractivity contribution >= 4 is 23.2 Å². The number of allylic oxidation sites excluding steroid dienone is 1. The van der Waals surface area contributed by atoms with E-state index < -0.39 is 6.04 Å². The number of hydrogen-bond donors (Lipinski definition) is 1. The van der Waals surface area contributed by atoms with Gasteiger partial charge in [0.2, 0.25) is 5.82 Å². The maximum atomic E-state index is 12.7. The molecule has 2 aromatic carbocycles. The monoisotopic (exact) mass is 408 g/mol. The van der Waals surface area contributed by atoms with E-state index in [1.807, 2.05) is 56.3 Å². The zero-order valence-electron chi connectivity index (χ0n) is 16.2. The number of rotatable bonds is 5. The number of benzene rings is 2. The van der Waals surface area contributed by atoms with E-state index in [0.717, 1.165) is 28.8 Å². The van der Waals surface area contributed by atoms with Crippen LogP contribution >= 0.6 is 11.6 Å². The zero-order valence-corrected chi connectivity index (χ0v) is 17.0. The number of amides is 2. The number of halogens is 1. The van der Waals surface area contributed by atoms with Gasteiger partial charge in [-0.25, -0.2) is 4.79 Å². The molecule has 0 saturated heterocycles. The van der Waals surface area contributed by atoms with Gasteiger partial charge in [-0.2, -0.15) is 4.98 Å². The van der Waals surface area contributed by atoms with E-state index in [9.17, 15) is 4.79 Å². The summed E-state index contributed by atoms with van der Waals surface area (Å²) in [6.07, 6.45) is 0.836. The van der Waals surface area contributed by atoms with Crippen LogP contribution in [0.4, 0.5) is 4.79 Å². The van der Waals surface area contributed by atoms with Crippen LogP contribution in [0.5, 0.6) is 0 Å². The minimum atomic E-state index is -0.406. The molecule has 0 saturated carbocycles. The Bertz CT molecular complexity index is 1040. The van der Waals surface area contributed by atoms with Gasteiger partial charge in [0.1, 0.15) is 0 Å². The summed E-state index contributed by atoms with van der Waals surface area (Å²) in [5, 5.41) is 7.86. The summed E-state index contributed by atoms with van der Waals surface area (Å²) in [6, 6.07) is 16.5. The van der Waals surface area contributed by atoms with Crippen molar-refractivity contribution in [3.05, 3.63) is 76.8 Å². The molecule has 6 nitrogen and oxygen atoms in total. The second-order valence-electron chi connectivity index (χ2n) is 6.87. The SMILES string of the molecule is CCCN1C(=O)NC(c2ccc(Cl)cc2)C(c2nc(-c3ccccc3)no2)=C1C. The van der Waals surface area contributed by atoms with Gasteiger partial charge in [0.05, 0.1) is 11.6 Å². The Balaban J connectivity index is 1.81. The number of urea groups is 1. The van der Waals surface area contributed by atoms with E-state index >= 15 is 0 Å². The largest absolute Gasteiger partial charge is 0.334 e. The van der Waals surface area contributed by atoms with Crippen molar-refractivity contribution in [3.8, 4) is 11.4 Å². The van der Waals surface area contributed by atoms with Crippen LogP contribution in [0.3, 0.4) is 0 Å². The maximum Gasteiger partial charge on any atom is 0.322 e. The first-order chi connectivity index (χ1) is 14.1. The minimum absolute atomic E-state index is 0.143. The third kappa shape index (κ3) is 3.76. The number of hydrogen-bond acceptors (Lipinski definition) is 4. The average molecular weight is 409 g/mol. The van der Waals surface area contributed by atoms with Crippen LogP contribution in [-0.4, -0.2) is 27.6 Å². The molecule has 7 heteroatoms. The topological polar surface area (TPSA) is 71.3 Å². The number of carbonyl (C=O) groups excluding carboxylic acids is 1. The van der Waals surface area contributed by atoms with Crippen molar-refractivity contribution in [2.75, 3.05) is 6.54 Å². The fourth-order valence-electron chi connectivity index (χ4n) is 3.49. The molecule has 29 heavy (non-hydrogen) atoms. The first-order valence-electron chi connectivity index (χ1n) is 9.52. The molecule has 3 aromatic rings. The van der Waals surface area contributed by atoms with Crippen molar-refractivity contribution in [1.29, 1.82) is 0 Å². The first kappa shape index (κ1) is 19.2. The van der Waals surface area contributed by atoms with Crippen LogP contribution in [0.15, 0.2) is 64.8 Å². The molecule has 0 spiro atoms. The molecule has 0 radical (unpaired) electrons. The molecule has 1 aromatic heterocycles. The lowest BCUT2D eigenvalue weighted by Crippen LogP contribution is -2.46. The molecule has 0 aliphatic carbocycles. The van der Waals surface area contributed by atoms with E-state index in [-0.39, 0.29) is 6.03 Å². The highest BCUT2D eigenvalue weighted by molar-refractivity contribution is 6.30. The third-order valence-electron chi connectivity index (χ3n) is 4.94. The molecule has 4 rings (SSSR count). The minimum Gasteiger partial charge on any atom is -0.334 e. The summed E-state index contributed by atoms with van der Waals surface area (Å²) in [7, 11) is 0. The van der Waals surface area contributed by atoms with E-state index in [1.54, 1.807) is 17.0 Å². The third-order valence-corrected chi connectivity index (χ3v) is 5.19. The van der Waals surface area contributed by atoms with Gasteiger partial charge >= 0.3 is 6.03 Å². The van der Waals surface area contributed by atoms with Gasteiger partial charge in [-0.15, -0.1) is 0 Å². The highest BCUT2D eigenvalue weighted by Crippen LogP contribution is 2.37. The summed E-state index contributed by atoms with van der Waals surface area (Å²) in [4.78, 5) is 19.1. The van der Waals surface area contributed by atoms with Crippen LogP contribution in [0, 0.1) is 0 Å². The molecule has 0 bridgehead atoms. The van der Waals surface area contributed by atoms with Crippen LogP contribution in [0.2, 0.25) is 5.02 Å². The number of aromatic nitrogens is 2. The quantitative estimate of drug-likeness (QED) is 0.622. The zero-order chi connectivity index (χ0) is 20.4. The van der Waals surface area contributed by atoms with Crippen molar-refractivity contribution < 1.29 is 9.32 Å². The summed E-state index contributed by atoms with van der Waals surface area (Å²) in [5.74, 6) is 0.900. The van der Waals surface area contributed by atoms with Gasteiger partial charge in [0.25, 0.3) is 5.89 Å². The smallest absolute Gasteiger partial charge is 0.322 e. The first-order valence-corrected chi connectivity index (χ1v) is 9.90. The highest BCUT2D eigenvalue weighted by Gasteiger charge is 2.35. The number of carbonyl (C=O) groups is 1. The number of nitrogens with zero attached hydrogens (tertiary/aromatic N) is 3. The Labute approximate surface area is 174 Å². The van der Waals surface area contributed by atoms with E-state index in [0.29, 0.717) is 23.3 Å². The molecule has 2 heterocycles. The van der Waals surface area contributed by atoms with Gasteiger partial charge in [0.15, 0.2) is 0 Å². The van der Waals surface area contributed by atoms with Crippen LogP contribution in [0.25, 0.3) is 17.0 Å². The molecule has 148 valence electrons. The second kappa shape index (κ2) is 8.09. The summed E-state index contributed by atoms with van der Waals surface area (Å²) < 4.78 is 5.64. The fraction of sp³-hybridized carbons (Fsp3) is 0.227. The van der Waals surface area contributed by atoms with E-state index in [1.165, 1.54) is 0 Å². The fourth-order valence-corrected chi connectivity index (χ4v) is 3.62. The predicted molar refractivity (Wildman–Crippen MR) is 112 cm³/mol. The molecule has 0 fully saturated rings. The van der Waals surface area contributed by atoms with Crippen LogP contribution in [0.1, 0.15) is 37.8 Å². The highest BCUT2D eigenvalue weighted by atomic mass is 35.5. The Morgan fingerprint density at radius 2 is 1.86 bits per heavy atom. The van der Waals surface area contributed by atoms with Crippen molar-refractivity contribution in [1.82, 2.24) is 20.4 Å². The summed E-state index contributed by atoms with van der Waals surface area (Å²) in [5.41, 5.74) is 3.36. The van der Waals surface area contributed by atoms with Crippen LogP contribution in [-0.2, 0) is 0 Å². The summed E-state index contributed by atoms with van der Waals surface area (Å²) >= 11 is 6.05. The van der Waals surface area contributed by atoms with Gasteiger partial charge in [-0.05, 0) is 31.0 Å². The Morgan fingerprint density at radius 1 is 1.14 bits per heavy atom. The van der Waals surface area contributed by atoms with E-state index in [4.69, 9.17) is 16.1 Å². The molecular formula is C22H21ClN4O2. The van der Waals surface area contributed by atoms with Gasteiger partial charge in [0, 0.05) is 22.8 Å². The predicted octanol–water partition coefficient (Wildman–Crippen LogP) is 5.30. The van der Waals surface area contributed by atoms with Crippen molar-refractivity contribution in [2.45, 2.75) is 26.3 Å². The maximum absolute atomic E-state index is 12.7. The summed E-state index contributed by atoms with van der Waals surface area (Å²) in [6.45, 7) is 4.55. The normalized spacial score (nSPS) is 16.9. The Hall–Kier alpha value is -3.12. The molecule has 1 aliphatic heterocycles. The lowest BCUT2D eigenvalue weighted by Gasteiger charge is -2.35. The van der Waals surface area contributed by atoms with Gasteiger partial charge in [-0.1, -0.05) is 66.1 Å². The lowest BCUT2D eigenvalue weighted by atomic mass is 9.94. The number of nitrogens with one attached hydrogen (secondary N) is 1. The molecule has 1 N–H and O–H groups in total. The second-order valence-corrected chi connectivity index (χ2v) is 7.31. The molecule has 2 amide bonds. The Morgan fingerprint density at radius 3 is 2.55 bits per heavy atom. The van der Waals surface area contributed by atoms with Gasteiger partial charge < -0.3 is 9.84 Å². The molecule has 1 atom stereocenters. The molecule has 1 unspecified atom stereocenters. The molecule has 1 aliphatic rings. The lowest BCUT2D eigenvalue weighted by molar-refractivity contribution is 0.205. The van der Waals surface area contributed by atoms with Crippen molar-refractivity contribution in [2.24, 2.45) is 0 Å². The van der Waals surface area contributed by atoms with Crippen LogP contribution < -0.4 is 5.32 Å². The van der Waals surface area contributed by atoms with Crippen molar-refractivity contribution in [3.63, 3.8) is 0 Å². The standard InChI is InChI=1S/C22H21ClN4O2/c1-3-13-27-14(2)18(19(24-22(27)28)15-9-11-17(23)12-10-15)21-25-20(26-29-21)16-7-5-4-6-8-16/h4-12,19H,3,13H2,1-2H3,(H,24,28).